The first-order valence-corrected chi connectivity index (χ1v) is 10.1. The monoisotopic (exact) mass is 370 g/mol. The number of amides is 1. The number of aromatic nitrogens is 1. The topological polar surface area (TPSA) is 91.4 Å². The molecule has 1 amide bonds. The van der Waals surface area contributed by atoms with E-state index in [-0.39, 0.29) is 12.4 Å². The number of aryl methyl sites for hydroxylation is 1. The summed E-state index contributed by atoms with van der Waals surface area (Å²) in [6.07, 6.45) is 0.844. The lowest BCUT2D eigenvalue weighted by molar-refractivity contribution is -0.116. The van der Waals surface area contributed by atoms with Gasteiger partial charge in [-0.1, -0.05) is 24.3 Å². The molecule has 0 aliphatic carbocycles. The number of benzene rings is 1. The Morgan fingerprint density at radius 2 is 2.12 bits per heavy atom. The van der Waals surface area contributed by atoms with Crippen LogP contribution < -0.4 is 10.6 Å². The average Bonchev–Trinajstić information content (AvgIpc) is 2.88. The summed E-state index contributed by atoms with van der Waals surface area (Å²) in [7, 11) is -2.11. The number of likely N-dealkylation sites (N-methyl/N-ethyl adjacent to an activating group) is 1. The van der Waals surface area contributed by atoms with Gasteiger partial charge in [-0.05, 0) is 37.6 Å². The van der Waals surface area contributed by atoms with Gasteiger partial charge in [-0.15, -0.1) is 0 Å². The van der Waals surface area contributed by atoms with E-state index >= 15 is 0 Å². The maximum Gasteiger partial charge on any atom is 0.241 e. The van der Waals surface area contributed by atoms with Crippen molar-refractivity contribution in [2.75, 3.05) is 31.3 Å². The quantitative estimate of drug-likeness (QED) is 0.691. The molecule has 0 atom stereocenters. The summed E-state index contributed by atoms with van der Waals surface area (Å²) in [4.78, 5) is 16.4. The molecule has 2 aromatic rings. The molecule has 0 fully saturated rings. The number of sulfonamides is 1. The Balaban J connectivity index is 1.96. The lowest BCUT2D eigenvalue weighted by atomic mass is 10.2. The number of hydrogen-bond donors (Lipinski definition) is 2. The predicted molar refractivity (Wildman–Crippen MR) is 97.7 cm³/mol. The van der Waals surface area contributed by atoms with Gasteiger partial charge in [-0.2, -0.15) is 4.31 Å². The first-order chi connectivity index (χ1) is 11.3. The fourth-order valence-corrected chi connectivity index (χ4v) is 3.95. The Labute approximate surface area is 146 Å². The van der Waals surface area contributed by atoms with Crippen LogP contribution in [0.15, 0.2) is 18.2 Å². The summed E-state index contributed by atoms with van der Waals surface area (Å²) in [5.41, 5.74) is 1.93. The number of nitrogens with one attached hydrogen (secondary N) is 2. The Morgan fingerprint density at radius 1 is 1.38 bits per heavy atom. The van der Waals surface area contributed by atoms with Crippen molar-refractivity contribution in [3.8, 4) is 0 Å². The van der Waals surface area contributed by atoms with Crippen LogP contribution in [0.3, 0.4) is 0 Å². The average molecular weight is 371 g/mol. The second kappa shape index (κ2) is 8.02. The first-order valence-electron chi connectivity index (χ1n) is 7.63. The van der Waals surface area contributed by atoms with Crippen molar-refractivity contribution in [1.82, 2.24) is 14.6 Å². The van der Waals surface area contributed by atoms with E-state index in [1.54, 1.807) is 0 Å². The summed E-state index contributed by atoms with van der Waals surface area (Å²) >= 11 is 1.37. The molecule has 0 aliphatic rings. The highest BCUT2D eigenvalue weighted by Gasteiger charge is 2.20. The lowest BCUT2D eigenvalue weighted by Crippen LogP contribution is -2.39. The van der Waals surface area contributed by atoms with E-state index in [2.05, 4.69) is 15.6 Å². The fraction of sp³-hybridized carbons (Fsp3) is 0.467. The zero-order chi connectivity index (χ0) is 17.7. The number of hydrogen-bond acceptors (Lipinski definition) is 6. The Morgan fingerprint density at radius 3 is 2.83 bits per heavy atom. The standard InChI is InChI=1S/C15H22N4O3S2/c1-4-7-16-10-24(21,22)19(3)9-14(20)18-15-17-12-6-5-11(2)8-13(12)23-15/h5-6,8,16H,4,7,9-10H2,1-3H3,(H,17,18,20). The molecule has 0 radical (unpaired) electrons. The minimum absolute atomic E-state index is 0.176. The molecular weight excluding hydrogens is 348 g/mol. The Hall–Kier alpha value is -1.55. The molecular formula is C15H22N4O3S2. The zero-order valence-electron chi connectivity index (χ0n) is 14.0. The van der Waals surface area contributed by atoms with Crippen LogP contribution in [0.2, 0.25) is 0 Å². The summed E-state index contributed by atoms with van der Waals surface area (Å²) in [5, 5.41) is 5.96. The molecule has 7 nitrogen and oxygen atoms in total. The van der Waals surface area contributed by atoms with Gasteiger partial charge in [0.15, 0.2) is 5.13 Å². The number of fused-ring (bicyclic) bond motifs is 1. The number of anilines is 1. The molecule has 2 N–H and O–H groups in total. The Kier molecular flexibility index (Phi) is 6.27. The zero-order valence-corrected chi connectivity index (χ0v) is 15.6. The minimum atomic E-state index is -3.51. The van der Waals surface area contributed by atoms with Crippen LogP contribution in [0.5, 0.6) is 0 Å². The van der Waals surface area contributed by atoms with E-state index in [4.69, 9.17) is 0 Å². The molecule has 0 unspecified atom stereocenters. The molecule has 0 saturated heterocycles. The third-order valence-electron chi connectivity index (χ3n) is 3.34. The van der Waals surface area contributed by atoms with Crippen LogP contribution in [0.4, 0.5) is 5.13 Å². The molecule has 0 aliphatic heterocycles. The second-order valence-corrected chi connectivity index (χ2v) is 8.66. The third kappa shape index (κ3) is 4.97. The Bertz CT molecular complexity index is 817. The highest BCUT2D eigenvalue weighted by molar-refractivity contribution is 7.89. The second-order valence-electron chi connectivity index (χ2n) is 5.55. The van der Waals surface area contributed by atoms with E-state index in [1.807, 2.05) is 32.0 Å². The van der Waals surface area contributed by atoms with Crippen LogP contribution in [0.1, 0.15) is 18.9 Å². The normalized spacial score (nSPS) is 12.0. The van der Waals surface area contributed by atoms with Crippen LogP contribution in [-0.4, -0.2) is 49.6 Å². The third-order valence-corrected chi connectivity index (χ3v) is 5.92. The number of carbonyl (C=O) groups excluding carboxylic acids is 1. The smallest absolute Gasteiger partial charge is 0.241 e. The van der Waals surface area contributed by atoms with Crippen LogP contribution in [0.25, 0.3) is 10.2 Å². The molecule has 2 rings (SSSR count). The van der Waals surface area contributed by atoms with Gasteiger partial charge < -0.3 is 10.6 Å². The van der Waals surface area contributed by atoms with E-state index < -0.39 is 15.9 Å². The summed E-state index contributed by atoms with van der Waals surface area (Å²) in [6.45, 7) is 4.32. The van der Waals surface area contributed by atoms with Gasteiger partial charge in [0.2, 0.25) is 15.9 Å². The maximum atomic E-state index is 12.1. The highest BCUT2D eigenvalue weighted by Crippen LogP contribution is 2.26. The van der Waals surface area contributed by atoms with Crippen molar-refractivity contribution in [3.05, 3.63) is 23.8 Å². The van der Waals surface area contributed by atoms with Crippen molar-refractivity contribution in [2.45, 2.75) is 20.3 Å². The molecule has 1 aromatic heterocycles. The largest absolute Gasteiger partial charge is 0.303 e. The number of thiazole rings is 1. The minimum Gasteiger partial charge on any atom is -0.303 e. The van der Waals surface area contributed by atoms with Crippen molar-refractivity contribution in [1.29, 1.82) is 0 Å². The van der Waals surface area contributed by atoms with E-state index in [0.29, 0.717) is 11.7 Å². The van der Waals surface area contributed by atoms with Crippen LogP contribution in [0, 0.1) is 6.92 Å². The van der Waals surface area contributed by atoms with Crippen LogP contribution in [-0.2, 0) is 14.8 Å². The van der Waals surface area contributed by atoms with Gasteiger partial charge in [-0.25, -0.2) is 13.4 Å². The molecule has 9 heteroatoms. The fourth-order valence-electron chi connectivity index (χ4n) is 2.03. The first kappa shape index (κ1) is 18.8. The van der Waals surface area contributed by atoms with Gasteiger partial charge in [0.05, 0.1) is 16.8 Å². The van der Waals surface area contributed by atoms with E-state index in [1.165, 1.54) is 18.4 Å². The maximum absolute atomic E-state index is 12.1. The molecule has 1 heterocycles. The van der Waals surface area contributed by atoms with Gasteiger partial charge >= 0.3 is 0 Å². The molecule has 0 spiro atoms. The van der Waals surface area contributed by atoms with Gasteiger partial charge in [-0.3, -0.25) is 4.79 Å². The molecule has 132 valence electrons. The van der Waals surface area contributed by atoms with E-state index in [9.17, 15) is 13.2 Å². The SMILES string of the molecule is CCCNCS(=O)(=O)N(C)CC(=O)Nc1nc2ccc(C)cc2s1. The lowest BCUT2D eigenvalue weighted by Gasteiger charge is -2.16. The van der Waals surface area contributed by atoms with Crippen molar-refractivity contribution < 1.29 is 13.2 Å². The molecule has 1 aromatic carbocycles. The molecule has 0 saturated carbocycles. The summed E-state index contributed by atoms with van der Waals surface area (Å²) in [6, 6.07) is 5.85. The summed E-state index contributed by atoms with van der Waals surface area (Å²) in [5.74, 6) is -0.585. The van der Waals surface area contributed by atoms with Gasteiger partial charge in [0.1, 0.15) is 5.88 Å². The molecule has 0 bridgehead atoms. The molecule has 24 heavy (non-hydrogen) atoms. The predicted octanol–water partition coefficient (Wildman–Crippen LogP) is 1.76. The number of rotatable bonds is 8. The van der Waals surface area contributed by atoms with Crippen molar-refractivity contribution in [3.63, 3.8) is 0 Å². The number of carbonyl (C=O) groups is 1. The van der Waals surface area contributed by atoms with Crippen LogP contribution >= 0.6 is 11.3 Å². The van der Waals surface area contributed by atoms with Crippen molar-refractivity contribution >= 4 is 42.6 Å². The van der Waals surface area contributed by atoms with Gasteiger partial charge in [0.25, 0.3) is 0 Å². The van der Waals surface area contributed by atoms with E-state index in [0.717, 1.165) is 26.5 Å². The van der Waals surface area contributed by atoms with Gasteiger partial charge in [0, 0.05) is 7.05 Å². The van der Waals surface area contributed by atoms with Crippen molar-refractivity contribution in [2.24, 2.45) is 0 Å². The highest BCUT2D eigenvalue weighted by atomic mass is 32.2. The number of nitrogens with zero attached hydrogens (tertiary/aromatic N) is 2. The summed E-state index contributed by atoms with van der Waals surface area (Å²) < 4.78 is 26.1.